The normalized spacial score (nSPS) is 13.8. The molecule has 1 aromatic heterocycles. The Labute approximate surface area is 275 Å². The first-order valence-corrected chi connectivity index (χ1v) is 16.2. The predicted molar refractivity (Wildman–Crippen MR) is 185 cm³/mol. The van der Waals surface area contributed by atoms with E-state index in [0.29, 0.717) is 34.4 Å². The first-order valence-electron chi connectivity index (χ1n) is 16.2. The Morgan fingerprint density at radius 3 is 2.21 bits per heavy atom. The van der Waals surface area contributed by atoms with Crippen LogP contribution in [0.1, 0.15) is 74.3 Å². The van der Waals surface area contributed by atoms with Gasteiger partial charge in [0.1, 0.15) is 6.29 Å². The highest BCUT2D eigenvalue weighted by molar-refractivity contribution is 6.08. The second-order valence-corrected chi connectivity index (χ2v) is 11.9. The number of aldehydes is 1. The summed E-state index contributed by atoms with van der Waals surface area (Å²) in [5, 5.41) is 2.93. The van der Waals surface area contributed by atoms with Crippen LogP contribution in [0.15, 0.2) is 85.1 Å². The van der Waals surface area contributed by atoms with Crippen LogP contribution in [-0.2, 0) is 17.6 Å². The number of anilines is 2. The Bertz CT molecular complexity index is 1720. The topological polar surface area (TPSA) is 126 Å². The van der Waals surface area contributed by atoms with Gasteiger partial charge in [0.15, 0.2) is 0 Å². The Morgan fingerprint density at radius 2 is 1.53 bits per heavy atom. The number of aryl methyl sites for hydroxylation is 2. The molecule has 3 N–H and O–H groups in total. The van der Waals surface area contributed by atoms with E-state index in [0.717, 1.165) is 31.6 Å². The summed E-state index contributed by atoms with van der Waals surface area (Å²) in [7, 11) is 1.52. The third kappa shape index (κ3) is 8.49. The minimum absolute atomic E-state index is 0.0423. The largest absolute Gasteiger partial charge is 0.372 e. The fourth-order valence-electron chi connectivity index (χ4n) is 6.01. The zero-order valence-electron chi connectivity index (χ0n) is 26.8. The van der Waals surface area contributed by atoms with Crippen LogP contribution < -0.4 is 16.0 Å². The van der Waals surface area contributed by atoms with Gasteiger partial charge in [0.05, 0.1) is 17.9 Å². The molecule has 2 aliphatic rings. The zero-order chi connectivity index (χ0) is 33.2. The summed E-state index contributed by atoms with van der Waals surface area (Å²) in [6, 6.07) is 24.0. The van der Waals surface area contributed by atoms with Crippen molar-refractivity contribution in [1.29, 1.82) is 0 Å². The van der Waals surface area contributed by atoms with E-state index >= 15 is 0 Å². The molecule has 1 saturated heterocycles. The molecule has 3 aromatic carbocycles. The molecule has 1 aliphatic heterocycles. The van der Waals surface area contributed by atoms with E-state index in [4.69, 9.17) is 5.73 Å². The fraction of sp³-hybridized carbons (Fsp3) is 0.289. The predicted octanol–water partition coefficient (Wildman–Crippen LogP) is 5.93. The second kappa shape index (κ2) is 15.8. The molecule has 0 radical (unpaired) electrons. The van der Waals surface area contributed by atoms with Crippen LogP contribution in [-0.4, -0.2) is 60.6 Å². The van der Waals surface area contributed by atoms with Crippen LogP contribution in [0.3, 0.4) is 0 Å². The van der Waals surface area contributed by atoms with Gasteiger partial charge in [-0.2, -0.15) is 0 Å². The van der Waals surface area contributed by atoms with Crippen molar-refractivity contribution in [3.05, 3.63) is 113 Å². The standard InChI is InChI=1S/C28H29N5O4.C10H12/c1-32(14-15-34)28(37)21-7-5-6-20(16-21)27(36)31-24-9-8-22(33-12-3-2-4-13-33)18-23(24)25-17-19(26(29)35)10-11-30-25;1-2-6-10-8-4-3-7-9(10)5-1/h5-11,15-18H,2-4,12-14H2,1H3,(H2,29,35)(H,31,36);1-2,5-6H,3-4,7-8H2. The number of rotatable bonds is 8. The van der Waals surface area contributed by atoms with Crippen molar-refractivity contribution >= 4 is 35.4 Å². The van der Waals surface area contributed by atoms with Gasteiger partial charge in [-0.15, -0.1) is 0 Å². The van der Waals surface area contributed by atoms with Gasteiger partial charge in [-0.3, -0.25) is 19.4 Å². The van der Waals surface area contributed by atoms with Gasteiger partial charge in [-0.1, -0.05) is 30.3 Å². The third-order valence-electron chi connectivity index (χ3n) is 8.62. The van der Waals surface area contributed by atoms with Gasteiger partial charge in [0.2, 0.25) is 5.91 Å². The maximum Gasteiger partial charge on any atom is 0.255 e. The molecule has 6 rings (SSSR count). The third-order valence-corrected chi connectivity index (χ3v) is 8.62. The number of benzene rings is 3. The molecule has 47 heavy (non-hydrogen) atoms. The quantitative estimate of drug-likeness (QED) is 0.232. The van der Waals surface area contributed by atoms with Crippen molar-refractivity contribution in [3.8, 4) is 11.3 Å². The molecule has 3 amide bonds. The molecule has 2 heterocycles. The summed E-state index contributed by atoms with van der Waals surface area (Å²) in [6.07, 6.45) is 11.0. The summed E-state index contributed by atoms with van der Waals surface area (Å²) in [4.78, 5) is 56.4. The number of piperidine rings is 1. The molecule has 9 nitrogen and oxygen atoms in total. The van der Waals surface area contributed by atoms with E-state index in [-0.39, 0.29) is 18.0 Å². The van der Waals surface area contributed by atoms with Gasteiger partial charge in [0.25, 0.3) is 11.8 Å². The highest BCUT2D eigenvalue weighted by Crippen LogP contribution is 2.33. The molecule has 0 saturated carbocycles. The van der Waals surface area contributed by atoms with E-state index in [2.05, 4.69) is 39.5 Å². The van der Waals surface area contributed by atoms with Crippen LogP contribution in [0.4, 0.5) is 11.4 Å². The average Bonchev–Trinajstić information content (AvgIpc) is 3.12. The molecule has 1 fully saturated rings. The number of nitrogens with one attached hydrogen (secondary N) is 1. The number of nitrogens with two attached hydrogens (primary N) is 1. The number of hydrogen-bond acceptors (Lipinski definition) is 6. The van der Waals surface area contributed by atoms with E-state index in [1.165, 1.54) is 56.3 Å². The zero-order valence-corrected chi connectivity index (χ0v) is 26.8. The Kier molecular flexibility index (Phi) is 11.1. The number of carbonyl (C=O) groups excluding carboxylic acids is 4. The number of aromatic nitrogens is 1. The SMILES string of the molecule is CN(CC=O)C(=O)c1cccc(C(=O)Nc2ccc(N3CCCCC3)cc2-c2cc(C(N)=O)ccn2)c1.c1ccc2c(c1)CCCC2. The van der Waals surface area contributed by atoms with Crippen LogP contribution in [0.25, 0.3) is 11.3 Å². The lowest BCUT2D eigenvalue weighted by atomic mass is 9.92. The van der Waals surface area contributed by atoms with E-state index in [1.807, 2.05) is 18.2 Å². The van der Waals surface area contributed by atoms with Crippen molar-refractivity contribution in [3.63, 3.8) is 0 Å². The maximum atomic E-state index is 13.2. The van der Waals surface area contributed by atoms with Crippen LogP contribution in [0.5, 0.6) is 0 Å². The van der Waals surface area contributed by atoms with Gasteiger partial charge in [-0.05, 0) is 105 Å². The molecule has 0 spiro atoms. The fourth-order valence-corrected chi connectivity index (χ4v) is 6.01. The minimum atomic E-state index is -0.567. The van der Waals surface area contributed by atoms with Gasteiger partial charge in [0, 0.05) is 54.3 Å². The van der Waals surface area contributed by atoms with E-state index in [1.54, 1.807) is 41.5 Å². The number of hydrogen-bond donors (Lipinski definition) is 2. The monoisotopic (exact) mass is 631 g/mol. The minimum Gasteiger partial charge on any atom is -0.372 e. The summed E-state index contributed by atoms with van der Waals surface area (Å²) >= 11 is 0. The number of likely N-dealkylation sites (N-methyl/N-ethyl adjacent to an activating group) is 1. The van der Waals surface area contributed by atoms with Crippen molar-refractivity contribution in [2.75, 3.05) is 36.9 Å². The first kappa shape index (κ1) is 33.1. The van der Waals surface area contributed by atoms with Crippen LogP contribution >= 0.6 is 0 Å². The molecular formula is C38H41N5O4. The highest BCUT2D eigenvalue weighted by Gasteiger charge is 2.19. The Morgan fingerprint density at radius 1 is 0.830 bits per heavy atom. The number of fused-ring (bicyclic) bond motifs is 1. The molecule has 242 valence electrons. The number of nitrogens with zero attached hydrogens (tertiary/aromatic N) is 3. The van der Waals surface area contributed by atoms with Gasteiger partial charge < -0.3 is 25.6 Å². The number of pyridine rings is 1. The molecule has 0 atom stereocenters. The van der Waals surface area contributed by atoms with Gasteiger partial charge >= 0.3 is 0 Å². The number of primary amides is 1. The van der Waals surface area contributed by atoms with Gasteiger partial charge in [-0.25, -0.2) is 0 Å². The average molecular weight is 632 g/mol. The summed E-state index contributed by atoms with van der Waals surface area (Å²) in [5.74, 6) is -1.34. The summed E-state index contributed by atoms with van der Waals surface area (Å²) < 4.78 is 0. The maximum absolute atomic E-state index is 13.2. The van der Waals surface area contributed by atoms with E-state index in [9.17, 15) is 19.2 Å². The highest BCUT2D eigenvalue weighted by atomic mass is 16.2. The Hall–Kier alpha value is -5.31. The summed E-state index contributed by atoms with van der Waals surface area (Å²) in [6.45, 7) is 1.85. The molecule has 0 bridgehead atoms. The first-order chi connectivity index (χ1) is 22.8. The van der Waals surface area contributed by atoms with E-state index < -0.39 is 11.8 Å². The van der Waals surface area contributed by atoms with Crippen molar-refractivity contribution in [2.24, 2.45) is 5.73 Å². The van der Waals surface area contributed by atoms with Crippen molar-refractivity contribution < 1.29 is 19.2 Å². The molecule has 0 unspecified atom stereocenters. The number of amides is 3. The summed E-state index contributed by atoms with van der Waals surface area (Å²) in [5.41, 5.74) is 12.2. The van der Waals surface area contributed by atoms with Crippen molar-refractivity contribution in [2.45, 2.75) is 44.9 Å². The Balaban J connectivity index is 0.000000365. The molecular weight excluding hydrogens is 590 g/mol. The van der Waals surface area contributed by atoms with Crippen molar-refractivity contribution in [1.82, 2.24) is 9.88 Å². The lowest BCUT2D eigenvalue weighted by Crippen LogP contribution is -2.29. The van der Waals surface area contributed by atoms with Crippen LogP contribution in [0, 0.1) is 0 Å². The number of carbonyl (C=O) groups is 4. The van der Waals surface area contributed by atoms with Crippen LogP contribution in [0.2, 0.25) is 0 Å². The lowest BCUT2D eigenvalue weighted by molar-refractivity contribution is -0.108. The smallest absolute Gasteiger partial charge is 0.255 e. The second-order valence-electron chi connectivity index (χ2n) is 11.9. The molecule has 9 heteroatoms. The molecule has 4 aromatic rings. The molecule has 1 aliphatic carbocycles. The lowest BCUT2D eigenvalue weighted by Gasteiger charge is -2.29.